The molecule has 1 atom stereocenters. The average molecular weight is 321 g/mol. The maximum atomic E-state index is 11.3. The lowest BCUT2D eigenvalue weighted by molar-refractivity contribution is 0.0697. The molecule has 0 bridgehead atoms. The molecule has 1 heterocycles. The Labute approximate surface area is 119 Å². The SMILES string of the molecule is CC(Nc1cccc(Br)c1C(=O)O)c1ccccn1. The molecule has 2 rings (SSSR count). The smallest absolute Gasteiger partial charge is 0.338 e. The van der Waals surface area contributed by atoms with Crippen molar-refractivity contribution < 1.29 is 9.90 Å². The van der Waals surface area contributed by atoms with Gasteiger partial charge in [0.15, 0.2) is 0 Å². The van der Waals surface area contributed by atoms with Crippen LogP contribution in [0.2, 0.25) is 0 Å². The van der Waals surface area contributed by atoms with Gasteiger partial charge in [-0.05, 0) is 47.1 Å². The highest BCUT2D eigenvalue weighted by Crippen LogP contribution is 2.27. The summed E-state index contributed by atoms with van der Waals surface area (Å²) in [4.78, 5) is 15.5. The summed E-state index contributed by atoms with van der Waals surface area (Å²) in [5.41, 5.74) is 1.66. The first kappa shape index (κ1) is 13.5. The molecule has 19 heavy (non-hydrogen) atoms. The standard InChI is InChI=1S/C14H13BrN2O2/c1-9(11-6-2-3-8-16-11)17-12-7-4-5-10(15)13(12)14(18)19/h2-9,17H,1H3,(H,18,19). The van der Waals surface area contributed by atoms with Gasteiger partial charge in [0.2, 0.25) is 0 Å². The molecule has 4 nitrogen and oxygen atoms in total. The normalized spacial score (nSPS) is 11.9. The van der Waals surface area contributed by atoms with Crippen molar-refractivity contribution in [1.82, 2.24) is 4.98 Å². The van der Waals surface area contributed by atoms with Gasteiger partial charge in [-0.3, -0.25) is 4.98 Å². The van der Waals surface area contributed by atoms with E-state index >= 15 is 0 Å². The van der Waals surface area contributed by atoms with Crippen molar-refractivity contribution in [2.24, 2.45) is 0 Å². The minimum atomic E-state index is -0.969. The molecule has 0 amide bonds. The molecule has 0 fully saturated rings. The van der Waals surface area contributed by atoms with Gasteiger partial charge in [0.25, 0.3) is 0 Å². The van der Waals surface area contributed by atoms with E-state index in [2.05, 4.69) is 26.2 Å². The van der Waals surface area contributed by atoms with Gasteiger partial charge in [0.05, 0.1) is 23.0 Å². The van der Waals surface area contributed by atoms with Crippen LogP contribution in [-0.4, -0.2) is 16.1 Å². The molecule has 1 unspecified atom stereocenters. The van der Waals surface area contributed by atoms with E-state index in [1.54, 1.807) is 24.4 Å². The third-order valence-electron chi connectivity index (χ3n) is 2.73. The van der Waals surface area contributed by atoms with Crippen LogP contribution in [0.5, 0.6) is 0 Å². The van der Waals surface area contributed by atoms with Gasteiger partial charge in [-0.2, -0.15) is 0 Å². The van der Waals surface area contributed by atoms with E-state index in [1.807, 2.05) is 25.1 Å². The molecule has 98 valence electrons. The monoisotopic (exact) mass is 320 g/mol. The van der Waals surface area contributed by atoms with Gasteiger partial charge in [0, 0.05) is 10.7 Å². The Hall–Kier alpha value is -1.88. The van der Waals surface area contributed by atoms with Gasteiger partial charge in [0.1, 0.15) is 0 Å². The molecule has 0 aliphatic carbocycles. The second-order valence-corrected chi connectivity index (χ2v) is 4.94. The number of hydrogen-bond acceptors (Lipinski definition) is 3. The lowest BCUT2D eigenvalue weighted by Gasteiger charge is -2.17. The summed E-state index contributed by atoms with van der Waals surface area (Å²) < 4.78 is 0.554. The molecule has 2 aromatic rings. The highest BCUT2D eigenvalue weighted by Gasteiger charge is 2.16. The zero-order chi connectivity index (χ0) is 13.8. The zero-order valence-electron chi connectivity index (χ0n) is 10.3. The fourth-order valence-electron chi connectivity index (χ4n) is 1.80. The first-order chi connectivity index (χ1) is 9.09. The topological polar surface area (TPSA) is 62.2 Å². The van der Waals surface area contributed by atoms with E-state index in [9.17, 15) is 9.90 Å². The Balaban J connectivity index is 2.29. The number of carboxylic acid groups (broad SMARTS) is 1. The van der Waals surface area contributed by atoms with Crippen LogP contribution in [0, 0.1) is 0 Å². The molecular formula is C14H13BrN2O2. The predicted octanol–water partition coefficient (Wildman–Crippen LogP) is 3.72. The Morgan fingerprint density at radius 2 is 2.11 bits per heavy atom. The van der Waals surface area contributed by atoms with E-state index in [0.29, 0.717) is 10.2 Å². The molecule has 0 radical (unpaired) electrons. The van der Waals surface area contributed by atoms with Crippen molar-refractivity contribution in [1.29, 1.82) is 0 Å². The predicted molar refractivity (Wildman–Crippen MR) is 77.4 cm³/mol. The van der Waals surface area contributed by atoms with Crippen LogP contribution in [0.3, 0.4) is 0 Å². The number of hydrogen-bond donors (Lipinski definition) is 2. The number of carboxylic acids is 1. The number of carbonyl (C=O) groups is 1. The molecule has 5 heteroatoms. The number of pyridine rings is 1. The van der Waals surface area contributed by atoms with Crippen molar-refractivity contribution in [2.45, 2.75) is 13.0 Å². The first-order valence-corrected chi connectivity index (χ1v) is 6.58. The summed E-state index contributed by atoms with van der Waals surface area (Å²) in [5.74, 6) is -0.969. The lowest BCUT2D eigenvalue weighted by Crippen LogP contribution is -2.12. The molecule has 0 saturated heterocycles. The van der Waals surface area contributed by atoms with Crippen LogP contribution in [0.25, 0.3) is 0 Å². The quantitative estimate of drug-likeness (QED) is 0.901. The summed E-state index contributed by atoms with van der Waals surface area (Å²) in [6.45, 7) is 1.94. The maximum Gasteiger partial charge on any atom is 0.338 e. The third-order valence-corrected chi connectivity index (χ3v) is 3.39. The molecule has 0 spiro atoms. The van der Waals surface area contributed by atoms with Crippen molar-refractivity contribution in [3.05, 3.63) is 58.3 Å². The number of rotatable bonds is 4. The molecule has 1 aromatic carbocycles. The highest BCUT2D eigenvalue weighted by atomic mass is 79.9. The number of nitrogens with one attached hydrogen (secondary N) is 1. The summed E-state index contributed by atoms with van der Waals surface area (Å²) >= 11 is 3.26. The second kappa shape index (κ2) is 5.84. The zero-order valence-corrected chi connectivity index (χ0v) is 11.9. The van der Waals surface area contributed by atoms with Crippen LogP contribution in [0.15, 0.2) is 47.1 Å². The number of nitrogens with zero attached hydrogens (tertiary/aromatic N) is 1. The van der Waals surface area contributed by atoms with Gasteiger partial charge >= 0.3 is 5.97 Å². The highest BCUT2D eigenvalue weighted by molar-refractivity contribution is 9.10. The van der Waals surface area contributed by atoms with E-state index in [0.717, 1.165) is 5.69 Å². The summed E-state index contributed by atoms with van der Waals surface area (Å²) in [6, 6.07) is 10.8. The first-order valence-electron chi connectivity index (χ1n) is 5.79. The number of aromatic nitrogens is 1. The molecule has 0 saturated carbocycles. The Morgan fingerprint density at radius 1 is 1.32 bits per heavy atom. The molecule has 1 aromatic heterocycles. The largest absolute Gasteiger partial charge is 0.478 e. The molecule has 0 aliphatic rings. The number of aromatic carboxylic acids is 1. The van der Waals surface area contributed by atoms with Crippen LogP contribution in [-0.2, 0) is 0 Å². The maximum absolute atomic E-state index is 11.3. The van der Waals surface area contributed by atoms with E-state index in [4.69, 9.17) is 0 Å². The number of halogens is 1. The van der Waals surface area contributed by atoms with Gasteiger partial charge in [-0.15, -0.1) is 0 Å². The Bertz CT molecular complexity index is 587. The van der Waals surface area contributed by atoms with Gasteiger partial charge in [-0.1, -0.05) is 12.1 Å². The minimum Gasteiger partial charge on any atom is -0.478 e. The van der Waals surface area contributed by atoms with Gasteiger partial charge < -0.3 is 10.4 Å². The average Bonchev–Trinajstić information content (AvgIpc) is 2.39. The third kappa shape index (κ3) is 3.12. The van der Waals surface area contributed by atoms with Crippen molar-refractivity contribution in [3.63, 3.8) is 0 Å². The van der Waals surface area contributed by atoms with Crippen LogP contribution >= 0.6 is 15.9 Å². The van der Waals surface area contributed by atoms with Crippen LogP contribution < -0.4 is 5.32 Å². The lowest BCUT2D eigenvalue weighted by atomic mass is 10.1. The van der Waals surface area contributed by atoms with Crippen LogP contribution in [0.1, 0.15) is 29.0 Å². The van der Waals surface area contributed by atoms with Crippen molar-refractivity contribution in [3.8, 4) is 0 Å². The fraction of sp³-hybridized carbons (Fsp3) is 0.143. The fourth-order valence-corrected chi connectivity index (χ4v) is 2.34. The minimum absolute atomic E-state index is 0.0754. The summed E-state index contributed by atoms with van der Waals surface area (Å²) in [5, 5.41) is 12.4. The van der Waals surface area contributed by atoms with E-state index in [1.165, 1.54) is 0 Å². The van der Waals surface area contributed by atoms with Gasteiger partial charge in [-0.25, -0.2) is 4.79 Å². The molecular weight excluding hydrogens is 308 g/mol. The Morgan fingerprint density at radius 3 is 2.74 bits per heavy atom. The van der Waals surface area contributed by atoms with Crippen LogP contribution in [0.4, 0.5) is 5.69 Å². The van der Waals surface area contributed by atoms with Crippen molar-refractivity contribution >= 4 is 27.6 Å². The summed E-state index contributed by atoms with van der Waals surface area (Å²) in [7, 11) is 0. The van der Waals surface area contributed by atoms with Crippen molar-refractivity contribution in [2.75, 3.05) is 5.32 Å². The summed E-state index contributed by atoms with van der Waals surface area (Å²) in [6.07, 6.45) is 1.71. The molecule has 0 aliphatic heterocycles. The second-order valence-electron chi connectivity index (χ2n) is 4.09. The molecule has 2 N–H and O–H groups in total. The van der Waals surface area contributed by atoms with E-state index in [-0.39, 0.29) is 11.6 Å². The number of benzene rings is 1. The van der Waals surface area contributed by atoms with E-state index < -0.39 is 5.97 Å². The number of anilines is 1. The Kier molecular flexibility index (Phi) is 4.16.